The quantitative estimate of drug-likeness (QED) is 0.648. The fraction of sp³-hybridized carbons (Fsp3) is 0.588. The molecule has 1 aromatic heterocycles. The zero-order valence-corrected chi connectivity index (χ0v) is 13.7. The molecule has 0 unspecified atom stereocenters. The van der Waals surface area contributed by atoms with E-state index in [-0.39, 0.29) is 0 Å². The van der Waals surface area contributed by atoms with Crippen LogP contribution in [0, 0.1) is 17.8 Å². The van der Waals surface area contributed by atoms with Gasteiger partial charge in [0.1, 0.15) is 0 Å². The van der Waals surface area contributed by atoms with Gasteiger partial charge >= 0.3 is 122 Å². The van der Waals surface area contributed by atoms with Crippen LogP contribution in [0.4, 0.5) is 0 Å². The van der Waals surface area contributed by atoms with Gasteiger partial charge in [-0.15, -0.1) is 0 Å². The van der Waals surface area contributed by atoms with Crippen molar-refractivity contribution >= 4 is 32.1 Å². The number of fused-ring (bicyclic) bond motifs is 1. The van der Waals surface area contributed by atoms with E-state index < -0.39 is 0 Å². The second kappa shape index (κ2) is 3.97. The molecule has 0 spiro atoms. The SMILES string of the molecule is c1ccc2[se]c(C34CC5CC(CC(C5)C3)C4)pc2c1. The van der Waals surface area contributed by atoms with Gasteiger partial charge in [-0.3, -0.25) is 0 Å². The average molecular weight is 333 g/mol. The van der Waals surface area contributed by atoms with Crippen molar-refractivity contribution in [1.82, 2.24) is 0 Å². The van der Waals surface area contributed by atoms with Crippen LogP contribution in [0.3, 0.4) is 0 Å². The molecular weight excluding hydrogens is 314 g/mol. The third-order valence-corrected chi connectivity index (χ3v) is 11.0. The van der Waals surface area contributed by atoms with Gasteiger partial charge in [-0.2, -0.15) is 0 Å². The number of benzene rings is 1. The van der Waals surface area contributed by atoms with Gasteiger partial charge in [0.25, 0.3) is 0 Å². The van der Waals surface area contributed by atoms with E-state index in [1.165, 1.54) is 0 Å². The Morgan fingerprint density at radius 3 is 2.21 bits per heavy atom. The van der Waals surface area contributed by atoms with Gasteiger partial charge in [-0.1, -0.05) is 0 Å². The zero-order valence-electron chi connectivity index (χ0n) is 11.1. The monoisotopic (exact) mass is 334 g/mol. The van der Waals surface area contributed by atoms with Crippen LogP contribution < -0.4 is 0 Å². The van der Waals surface area contributed by atoms with Crippen LogP contribution in [0.15, 0.2) is 24.3 Å². The molecule has 1 aromatic carbocycles. The molecule has 0 atom stereocenters. The molecule has 19 heavy (non-hydrogen) atoms. The maximum absolute atomic E-state index is 2.38. The van der Waals surface area contributed by atoms with E-state index in [1.54, 1.807) is 56.1 Å². The molecule has 0 aliphatic heterocycles. The van der Waals surface area contributed by atoms with Crippen molar-refractivity contribution in [2.45, 2.75) is 43.9 Å². The predicted octanol–water partition coefficient (Wildman–Crippen LogP) is 4.94. The summed E-state index contributed by atoms with van der Waals surface area (Å²) in [7, 11) is 1.61. The van der Waals surface area contributed by atoms with Gasteiger partial charge in [-0.05, 0) is 0 Å². The Bertz CT molecular complexity index is 573. The molecular formula is C17H19PSe. The first-order chi connectivity index (χ1) is 9.31. The Hall–Kier alpha value is -0.0905. The van der Waals surface area contributed by atoms with Gasteiger partial charge < -0.3 is 0 Å². The van der Waals surface area contributed by atoms with Crippen molar-refractivity contribution in [2.75, 3.05) is 0 Å². The van der Waals surface area contributed by atoms with E-state index in [1.807, 2.05) is 4.17 Å². The third kappa shape index (κ3) is 1.68. The minimum absolute atomic E-state index is 0.670. The summed E-state index contributed by atoms with van der Waals surface area (Å²) in [6.45, 7) is 0. The molecule has 98 valence electrons. The van der Waals surface area contributed by atoms with E-state index in [2.05, 4.69) is 24.3 Å². The van der Waals surface area contributed by atoms with Crippen molar-refractivity contribution in [3.05, 3.63) is 28.4 Å². The summed E-state index contributed by atoms with van der Waals surface area (Å²) in [6.07, 6.45) is 9.38. The molecule has 4 aliphatic carbocycles. The molecule has 4 bridgehead atoms. The Kier molecular flexibility index (Phi) is 2.42. The maximum atomic E-state index is 2.38. The fourth-order valence-corrected chi connectivity index (χ4v) is 10.6. The van der Waals surface area contributed by atoms with Crippen molar-refractivity contribution in [3.8, 4) is 0 Å². The number of hydrogen-bond acceptors (Lipinski definition) is 0. The van der Waals surface area contributed by atoms with Crippen molar-refractivity contribution < 1.29 is 0 Å². The Morgan fingerprint density at radius 1 is 0.947 bits per heavy atom. The first kappa shape index (κ1) is 11.6. The van der Waals surface area contributed by atoms with Crippen molar-refractivity contribution in [2.24, 2.45) is 17.8 Å². The summed E-state index contributed by atoms with van der Waals surface area (Å²) >= 11 is 0.670. The van der Waals surface area contributed by atoms with Crippen LogP contribution in [0.25, 0.3) is 9.38 Å². The third-order valence-electron chi connectivity index (χ3n) is 5.79. The molecule has 2 aromatic rings. The summed E-state index contributed by atoms with van der Waals surface area (Å²) in [6, 6.07) is 9.21. The normalized spacial score (nSPS) is 40.5. The fourth-order valence-electron chi connectivity index (χ4n) is 5.47. The van der Waals surface area contributed by atoms with Crippen LogP contribution in [-0.2, 0) is 5.41 Å². The molecule has 0 saturated heterocycles. The Morgan fingerprint density at radius 2 is 1.58 bits per heavy atom. The molecule has 4 aliphatic rings. The summed E-state index contributed by atoms with van der Waals surface area (Å²) in [5, 5.41) is 1.63. The Labute approximate surface area is 122 Å². The summed E-state index contributed by atoms with van der Waals surface area (Å²) < 4.78 is 3.64. The zero-order chi connectivity index (χ0) is 12.4. The molecule has 0 amide bonds. The van der Waals surface area contributed by atoms with Gasteiger partial charge in [0, 0.05) is 0 Å². The molecule has 4 saturated carbocycles. The summed E-state index contributed by atoms with van der Waals surface area (Å²) in [5.74, 6) is 3.27. The average Bonchev–Trinajstić information content (AvgIpc) is 2.81. The topological polar surface area (TPSA) is 0 Å². The first-order valence-corrected chi connectivity index (χ1v) is 10.3. The standard InChI is InChI=1S/C17H19PSe/c1-2-4-15-14(3-1)18-16(19-15)17-8-11-5-12(9-17)7-13(6-11)10-17/h1-4,11-13H,5-10H2. The summed E-state index contributed by atoms with van der Waals surface area (Å²) in [4.78, 5) is 0. The van der Waals surface area contributed by atoms with Crippen molar-refractivity contribution in [3.63, 3.8) is 0 Å². The number of rotatable bonds is 1. The van der Waals surface area contributed by atoms with E-state index in [0.717, 1.165) is 17.8 Å². The Balaban J connectivity index is 1.64. The molecule has 2 heteroatoms. The number of hydrogen-bond donors (Lipinski definition) is 0. The van der Waals surface area contributed by atoms with E-state index in [4.69, 9.17) is 0 Å². The van der Waals surface area contributed by atoms with Crippen molar-refractivity contribution in [1.29, 1.82) is 0 Å². The van der Waals surface area contributed by atoms with Crippen LogP contribution in [-0.4, -0.2) is 14.5 Å². The summed E-state index contributed by atoms with van der Waals surface area (Å²) in [5.41, 5.74) is 0.690. The van der Waals surface area contributed by atoms with Crippen LogP contribution in [0.1, 0.15) is 42.7 Å². The molecule has 0 nitrogen and oxygen atoms in total. The van der Waals surface area contributed by atoms with Crippen LogP contribution in [0.2, 0.25) is 0 Å². The second-order valence-electron chi connectivity index (χ2n) is 7.18. The van der Waals surface area contributed by atoms with E-state index in [9.17, 15) is 0 Å². The van der Waals surface area contributed by atoms with Crippen LogP contribution >= 0.6 is 8.19 Å². The minimum atomic E-state index is 0.670. The molecule has 0 N–H and O–H groups in total. The van der Waals surface area contributed by atoms with E-state index in [0.29, 0.717) is 19.9 Å². The molecule has 1 heterocycles. The molecule has 0 radical (unpaired) electrons. The van der Waals surface area contributed by atoms with E-state index >= 15 is 0 Å². The van der Waals surface area contributed by atoms with Gasteiger partial charge in [-0.25, -0.2) is 0 Å². The second-order valence-corrected chi connectivity index (χ2v) is 11.2. The first-order valence-electron chi connectivity index (χ1n) is 7.67. The van der Waals surface area contributed by atoms with Gasteiger partial charge in [0.2, 0.25) is 0 Å². The molecule has 6 rings (SSSR count). The predicted molar refractivity (Wildman–Crippen MR) is 83.3 cm³/mol. The molecule has 4 fully saturated rings. The van der Waals surface area contributed by atoms with Gasteiger partial charge in [0.15, 0.2) is 0 Å². The van der Waals surface area contributed by atoms with Gasteiger partial charge in [0.05, 0.1) is 0 Å². The van der Waals surface area contributed by atoms with Crippen LogP contribution in [0.5, 0.6) is 0 Å².